The summed E-state index contributed by atoms with van der Waals surface area (Å²) in [4.78, 5) is 14.7. The smallest absolute Gasteiger partial charge is 0.226 e. The number of hydrogen-bond acceptors (Lipinski definition) is 3. The summed E-state index contributed by atoms with van der Waals surface area (Å²) in [5, 5.41) is 18.5. The first-order valence-electron chi connectivity index (χ1n) is 7.91. The predicted octanol–water partition coefficient (Wildman–Crippen LogP) is 2.26. The number of nitrogens with zero attached hydrogens (tertiary/aromatic N) is 1. The Kier molecular flexibility index (Phi) is 4.15. The van der Waals surface area contributed by atoms with Crippen molar-refractivity contribution in [3.63, 3.8) is 0 Å². The van der Waals surface area contributed by atoms with Gasteiger partial charge in [-0.05, 0) is 55.7 Å². The molecule has 1 aromatic rings. The number of amides is 1. The lowest BCUT2D eigenvalue weighted by Crippen LogP contribution is -2.45. The summed E-state index contributed by atoms with van der Waals surface area (Å²) in [6.07, 6.45) is 4.85. The van der Waals surface area contributed by atoms with Gasteiger partial charge in [0.05, 0.1) is 0 Å². The third-order valence-corrected chi connectivity index (χ3v) is 4.80. The van der Waals surface area contributed by atoms with Crippen molar-refractivity contribution in [1.82, 2.24) is 4.90 Å². The number of carbonyl (C=O) groups is 1. The quantitative estimate of drug-likeness (QED) is 0.894. The van der Waals surface area contributed by atoms with Gasteiger partial charge in [0.1, 0.15) is 5.75 Å². The average Bonchev–Trinajstić information content (AvgIpc) is 3.29. The van der Waals surface area contributed by atoms with Gasteiger partial charge in [0.15, 0.2) is 0 Å². The van der Waals surface area contributed by atoms with Crippen LogP contribution in [0.2, 0.25) is 0 Å². The molecule has 1 heterocycles. The number of piperidine rings is 1. The molecule has 0 bridgehead atoms. The van der Waals surface area contributed by atoms with E-state index in [2.05, 4.69) is 0 Å². The monoisotopic (exact) mass is 289 g/mol. The van der Waals surface area contributed by atoms with Gasteiger partial charge in [0.2, 0.25) is 5.91 Å². The first-order valence-corrected chi connectivity index (χ1v) is 7.91. The summed E-state index contributed by atoms with van der Waals surface area (Å²) in [7, 11) is 0. The van der Waals surface area contributed by atoms with E-state index in [1.165, 1.54) is 0 Å². The highest BCUT2D eigenvalue weighted by Gasteiger charge is 2.46. The summed E-state index contributed by atoms with van der Waals surface area (Å²) in [6.45, 7) is 0.989. The number of hydrogen-bond donors (Lipinski definition) is 2. The third-order valence-electron chi connectivity index (χ3n) is 4.80. The van der Waals surface area contributed by atoms with Crippen LogP contribution in [0.25, 0.3) is 0 Å². The molecule has 1 amide bonds. The van der Waals surface area contributed by atoms with Crippen molar-refractivity contribution >= 4 is 5.91 Å². The summed E-state index contributed by atoms with van der Waals surface area (Å²) >= 11 is 0. The van der Waals surface area contributed by atoms with Crippen LogP contribution in [0.1, 0.15) is 43.6 Å². The molecule has 4 nitrogen and oxygen atoms in total. The molecule has 4 heteroatoms. The van der Waals surface area contributed by atoms with Crippen LogP contribution < -0.4 is 0 Å². The molecule has 1 aromatic carbocycles. The van der Waals surface area contributed by atoms with Gasteiger partial charge in [-0.1, -0.05) is 12.1 Å². The first-order chi connectivity index (χ1) is 10.2. The second-order valence-corrected chi connectivity index (χ2v) is 6.23. The number of rotatable bonds is 4. The Labute approximate surface area is 125 Å². The lowest BCUT2D eigenvalue weighted by atomic mass is 9.98. The molecule has 1 aliphatic carbocycles. The zero-order chi connectivity index (χ0) is 14.8. The molecule has 0 spiro atoms. The largest absolute Gasteiger partial charge is 0.508 e. The van der Waals surface area contributed by atoms with E-state index in [-0.39, 0.29) is 30.2 Å². The van der Waals surface area contributed by atoms with Gasteiger partial charge < -0.3 is 15.1 Å². The predicted molar refractivity (Wildman–Crippen MR) is 80.0 cm³/mol. The highest BCUT2D eigenvalue weighted by atomic mass is 16.3. The molecule has 2 N–H and O–H groups in total. The number of carbonyl (C=O) groups excluding carboxylic acids is 1. The molecule has 3 atom stereocenters. The molecule has 1 saturated heterocycles. The van der Waals surface area contributed by atoms with Gasteiger partial charge in [-0.3, -0.25) is 4.79 Å². The van der Waals surface area contributed by atoms with E-state index >= 15 is 0 Å². The van der Waals surface area contributed by atoms with Crippen molar-refractivity contribution in [2.24, 2.45) is 5.92 Å². The number of aliphatic hydroxyl groups is 1. The van der Waals surface area contributed by atoms with Gasteiger partial charge in [-0.15, -0.1) is 0 Å². The number of likely N-dealkylation sites (tertiary alicyclic amines) is 1. The summed E-state index contributed by atoms with van der Waals surface area (Å²) < 4.78 is 0. The van der Waals surface area contributed by atoms with Crippen molar-refractivity contribution in [3.05, 3.63) is 29.8 Å². The molecule has 2 fully saturated rings. The molecule has 3 rings (SSSR count). The first kappa shape index (κ1) is 14.4. The molecule has 21 heavy (non-hydrogen) atoms. The Hall–Kier alpha value is -1.55. The Morgan fingerprint density at radius 3 is 2.71 bits per heavy atom. The number of benzene rings is 1. The van der Waals surface area contributed by atoms with E-state index in [1.54, 1.807) is 12.1 Å². The van der Waals surface area contributed by atoms with Gasteiger partial charge in [0.25, 0.3) is 0 Å². The maximum Gasteiger partial charge on any atom is 0.226 e. The second-order valence-electron chi connectivity index (χ2n) is 6.23. The summed E-state index contributed by atoms with van der Waals surface area (Å²) in [5.41, 5.74) is 1.14. The maximum absolute atomic E-state index is 12.7. The van der Waals surface area contributed by atoms with Crippen molar-refractivity contribution in [3.8, 4) is 5.75 Å². The normalized spacial score (nSPS) is 28.4. The van der Waals surface area contributed by atoms with Crippen LogP contribution in [-0.4, -0.2) is 40.2 Å². The van der Waals surface area contributed by atoms with Crippen LogP contribution in [0.3, 0.4) is 0 Å². The zero-order valence-electron chi connectivity index (χ0n) is 12.2. The highest BCUT2D eigenvalue weighted by Crippen LogP contribution is 2.49. The van der Waals surface area contributed by atoms with Crippen LogP contribution in [0.15, 0.2) is 24.3 Å². The van der Waals surface area contributed by atoms with Crippen molar-refractivity contribution in [1.29, 1.82) is 0 Å². The molecule has 114 valence electrons. The topological polar surface area (TPSA) is 60.8 Å². The fourth-order valence-electron chi connectivity index (χ4n) is 3.51. The van der Waals surface area contributed by atoms with Crippen LogP contribution in [-0.2, 0) is 4.79 Å². The van der Waals surface area contributed by atoms with Crippen LogP contribution in [0.4, 0.5) is 0 Å². The number of aromatic hydroxyl groups is 1. The SMILES string of the molecule is O=C(C1CC1c1ccc(O)cc1)N1CCCCC1CCO. The number of aliphatic hydroxyl groups excluding tert-OH is 1. The molecule has 3 unspecified atom stereocenters. The van der Waals surface area contributed by atoms with Gasteiger partial charge in [-0.25, -0.2) is 0 Å². The Balaban J connectivity index is 1.64. The van der Waals surface area contributed by atoms with E-state index < -0.39 is 0 Å². The van der Waals surface area contributed by atoms with Gasteiger partial charge in [-0.2, -0.15) is 0 Å². The van der Waals surface area contributed by atoms with Gasteiger partial charge >= 0.3 is 0 Å². The zero-order valence-corrected chi connectivity index (χ0v) is 12.2. The molecule has 0 radical (unpaired) electrons. The summed E-state index contributed by atoms with van der Waals surface area (Å²) in [5.74, 6) is 0.913. The number of phenolic OH excluding ortho intramolecular Hbond substituents is 1. The molecular weight excluding hydrogens is 266 g/mol. The number of phenols is 1. The Morgan fingerprint density at radius 1 is 1.24 bits per heavy atom. The molecule has 0 aromatic heterocycles. The van der Waals surface area contributed by atoms with Crippen LogP contribution in [0.5, 0.6) is 5.75 Å². The minimum absolute atomic E-state index is 0.0915. The Morgan fingerprint density at radius 2 is 2.00 bits per heavy atom. The average molecular weight is 289 g/mol. The standard InChI is InChI=1S/C17H23NO3/c19-10-8-13-3-1-2-9-18(13)17(21)16-11-15(16)12-4-6-14(20)7-5-12/h4-7,13,15-16,19-20H,1-3,8-11H2. The second kappa shape index (κ2) is 6.06. The minimum atomic E-state index is 0.0915. The molecule has 1 aliphatic heterocycles. The molecule has 1 saturated carbocycles. The fraction of sp³-hybridized carbons (Fsp3) is 0.588. The van der Waals surface area contributed by atoms with E-state index in [9.17, 15) is 9.90 Å². The van der Waals surface area contributed by atoms with Gasteiger partial charge in [0, 0.05) is 25.1 Å². The third kappa shape index (κ3) is 3.05. The van der Waals surface area contributed by atoms with Crippen molar-refractivity contribution in [2.45, 2.75) is 44.1 Å². The summed E-state index contributed by atoms with van der Waals surface area (Å²) in [6, 6.07) is 7.41. The van der Waals surface area contributed by atoms with Crippen LogP contribution in [0, 0.1) is 5.92 Å². The fourth-order valence-corrected chi connectivity index (χ4v) is 3.51. The maximum atomic E-state index is 12.7. The molecular formula is C17H23NO3. The minimum Gasteiger partial charge on any atom is -0.508 e. The van der Waals surface area contributed by atoms with Crippen molar-refractivity contribution in [2.75, 3.05) is 13.2 Å². The van der Waals surface area contributed by atoms with E-state index in [1.807, 2.05) is 17.0 Å². The van der Waals surface area contributed by atoms with E-state index in [4.69, 9.17) is 5.11 Å². The van der Waals surface area contributed by atoms with Crippen LogP contribution >= 0.6 is 0 Å². The van der Waals surface area contributed by atoms with E-state index in [0.29, 0.717) is 12.3 Å². The highest BCUT2D eigenvalue weighted by molar-refractivity contribution is 5.83. The molecule has 2 aliphatic rings. The van der Waals surface area contributed by atoms with E-state index in [0.717, 1.165) is 37.8 Å². The lowest BCUT2D eigenvalue weighted by Gasteiger charge is -2.36. The Bertz CT molecular complexity index is 497. The lowest BCUT2D eigenvalue weighted by molar-refractivity contribution is -0.136. The van der Waals surface area contributed by atoms with Crippen molar-refractivity contribution < 1.29 is 15.0 Å².